The molecule has 2 atom stereocenters. The fourth-order valence-corrected chi connectivity index (χ4v) is 4.02. The van der Waals surface area contributed by atoms with Crippen LogP contribution < -0.4 is 4.74 Å². The van der Waals surface area contributed by atoms with Crippen LogP contribution in [0.5, 0.6) is 5.75 Å². The Morgan fingerprint density at radius 1 is 1.41 bits per heavy atom. The Morgan fingerprint density at radius 3 is 2.86 bits per heavy atom. The van der Waals surface area contributed by atoms with Crippen molar-refractivity contribution in [1.82, 2.24) is 4.90 Å². The summed E-state index contributed by atoms with van der Waals surface area (Å²) in [4.78, 5) is 25.6. The topological polar surface area (TPSA) is 66.8 Å². The normalized spacial score (nSPS) is 26.8. The van der Waals surface area contributed by atoms with Gasteiger partial charge >= 0.3 is 5.97 Å². The van der Waals surface area contributed by atoms with E-state index in [-0.39, 0.29) is 18.4 Å². The van der Waals surface area contributed by atoms with Crippen molar-refractivity contribution in [2.75, 3.05) is 19.7 Å². The third-order valence-electron chi connectivity index (χ3n) is 4.84. The van der Waals surface area contributed by atoms with Gasteiger partial charge in [-0.1, -0.05) is 18.6 Å². The quantitative estimate of drug-likeness (QED) is 0.887. The van der Waals surface area contributed by atoms with Crippen LogP contribution in [0.1, 0.15) is 19.3 Å². The predicted molar refractivity (Wildman–Crippen MR) is 83.6 cm³/mol. The molecular formula is C16H18BrNO4. The number of carbonyl (C=O) groups excluding carboxylic acids is 1. The van der Waals surface area contributed by atoms with Gasteiger partial charge in [-0.2, -0.15) is 0 Å². The molecule has 6 heteroatoms. The van der Waals surface area contributed by atoms with E-state index in [0.717, 1.165) is 17.3 Å². The highest BCUT2D eigenvalue weighted by molar-refractivity contribution is 9.10. The predicted octanol–water partition coefficient (Wildman–Crippen LogP) is 2.54. The van der Waals surface area contributed by atoms with E-state index in [2.05, 4.69) is 15.9 Å². The molecule has 22 heavy (non-hydrogen) atoms. The molecule has 1 aromatic rings. The van der Waals surface area contributed by atoms with E-state index < -0.39 is 11.4 Å². The molecule has 2 fully saturated rings. The molecule has 2 aliphatic rings. The fourth-order valence-electron chi connectivity index (χ4n) is 3.62. The molecule has 0 bridgehead atoms. The summed E-state index contributed by atoms with van der Waals surface area (Å²) in [6, 6.07) is 7.34. The van der Waals surface area contributed by atoms with E-state index in [1.807, 2.05) is 18.2 Å². The van der Waals surface area contributed by atoms with E-state index in [4.69, 9.17) is 4.74 Å². The number of carboxylic acid groups (broad SMARTS) is 1. The molecule has 118 valence electrons. The molecule has 0 spiro atoms. The van der Waals surface area contributed by atoms with E-state index >= 15 is 0 Å². The van der Waals surface area contributed by atoms with Gasteiger partial charge in [0, 0.05) is 13.1 Å². The molecular weight excluding hydrogens is 350 g/mol. The maximum absolute atomic E-state index is 12.3. The number of nitrogens with zero attached hydrogens (tertiary/aromatic N) is 1. The van der Waals surface area contributed by atoms with Gasteiger partial charge in [0.15, 0.2) is 6.61 Å². The Hall–Kier alpha value is -1.56. The lowest BCUT2D eigenvalue weighted by atomic mass is 9.81. The number of carbonyl (C=O) groups is 2. The SMILES string of the molecule is O=C(COc1ccccc1Br)N1C[C@@H]2CCC[C@@]2(C(=O)O)C1. The summed E-state index contributed by atoms with van der Waals surface area (Å²) in [6.45, 7) is 0.778. The highest BCUT2D eigenvalue weighted by Gasteiger charge is 2.55. The van der Waals surface area contributed by atoms with Crippen molar-refractivity contribution in [3.05, 3.63) is 28.7 Å². The van der Waals surface area contributed by atoms with Crippen LogP contribution in [0.2, 0.25) is 0 Å². The van der Waals surface area contributed by atoms with Crippen LogP contribution in [-0.2, 0) is 9.59 Å². The lowest BCUT2D eigenvalue weighted by Crippen LogP contribution is -2.38. The number of aliphatic carboxylic acids is 1. The second-order valence-electron chi connectivity index (χ2n) is 6.04. The Kier molecular flexibility index (Phi) is 4.12. The van der Waals surface area contributed by atoms with Gasteiger partial charge in [0.2, 0.25) is 0 Å². The van der Waals surface area contributed by atoms with Gasteiger partial charge in [0.1, 0.15) is 5.75 Å². The number of fused-ring (bicyclic) bond motifs is 1. The highest BCUT2D eigenvalue weighted by atomic mass is 79.9. The summed E-state index contributed by atoms with van der Waals surface area (Å²) < 4.78 is 6.34. The summed E-state index contributed by atoms with van der Waals surface area (Å²) in [5.41, 5.74) is -0.733. The minimum absolute atomic E-state index is 0.0645. The summed E-state index contributed by atoms with van der Waals surface area (Å²) >= 11 is 3.37. The smallest absolute Gasteiger partial charge is 0.311 e. The maximum atomic E-state index is 12.3. The molecule has 1 aliphatic carbocycles. The molecule has 0 radical (unpaired) electrons. The fraction of sp³-hybridized carbons (Fsp3) is 0.500. The van der Waals surface area contributed by atoms with E-state index in [9.17, 15) is 14.7 Å². The van der Waals surface area contributed by atoms with Gasteiger partial charge in [-0.3, -0.25) is 9.59 Å². The lowest BCUT2D eigenvalue weighted by molar-refractivity contribution is -0.149. The van der Waals surface area contributed by atoms with Gasteiger partial charge in [0.25, 0.3) is 5.91 Å². The molecule has 1 N–H and O–H groups in total. The average molecular weight is 368 g/mol. The van der Waals surface area contributed by atoms with Crippen LogP contribution in [0, 0.1) is 11.3 Å². The molecule has 1 amide bonds. The second kappa shape index (κ2) is 5.91. The van der Waals surface area contributed by atoms with Crippen LogP contribution in [-0.4, -0.2) is 41.6 Å². The molecule has 0 unspecified atom stereocenters. The van der Waals surface area contributed by atoms with Crippen LogP contribution >= 0.6 is 15.9 Å². The van der Waals surface area contributed by atoms with Gasteiger partial charge in [-0.25, -0.2) is 0 Å². The first-order valence-electron chi connectivity index (χ1n) is 7.41. The summed E-state index contributed by atoms with van der Waals surface area (Å²) in [6.07, 6.45) is 2.50. The van der Waals surface area contributed by atoms with Crippen molar-refractivity contribution in [3.63, 3.8) is 0 Å². The van der Waals surface area contributed by atoms with Crippen LogP contribution in [0.15, 0.2) is 28.7 Å². The van der Waals surface area contributed by atoms with Crippen molar-refractivity contribution in [2.45, 2.75) is 19.3 Å². The van der Waals surface area contributed by atoms with Gasteiger partial charge in [-0.15, -0.1) is 0 Å². The first-order chi connectivity index (χ1) is 10.5. The zero-order chi connectivity index (χ0) is 15.7. The standard InChI is InChI=1S/C16H18BrNO4/c17-12-5-1-2-6-13(12)22-9-14(19)18-8-11-4-3-7-16(11,10-18)15(20)21/h1-2,5-6,11H,3-4,7-10H2,(H,20,21)/t11-,16+/m0/s1. The van der Waals surface area contributed by atoms with E-state index in [0.29, 0.717) is 25.3 Å². The van der Waals surface area contributed by atoms with Crippen molar-refractivity contribution in [1.29, 1.82) is 0 Å². The second-order valence-corrected chi connectivity index (χ2v) is 6.90. The Morgan fingerprint density at radius 2 is 2.18 bits per heavy atom. The molecule has 0 aromatic heterocycles. The number of carboxylic acids is 1. The highest BCUT2D eigenvalue weighted by Crippen LogP contribution is 2.48. The number of likely N-dealkylation sites (tertiary alicyclic amines) is 1. The zero-order valence-corrected chi connectivity index (χ0v) is 13.7. The number of hydrogen-bond donors (Lipinski definition) is 1. The number of hydrogen-bond acceptors (Lipinski definition) is 3. The van der Waals surface area contributed by atoms with Crippen molar-refractivity contribution in [3.8, 4) is 5.75 Å². The first kappa shape index (κ1) is 15.3. The Labute approximate surface area is 137 Å². The molecule has 1 saturated heterocycles. The molecule has 1 aliphatic heterocycles. The lowest BCUT2D eigenvalue weighted by Gasteiger charge is -2.23. The van der Waals surface area contributed by atoms with E-state index in [1.54, 1.807) is 11.0 Å². The third kappa shape index (κ3) is 2.60. The van der Waals surface area contributed by atoms with Gasteiger partial charge < -0.3 is 14.7 Å². The maximum Gasteiger partial charge on any atom is 0.311 e. The van der Waals surface area contributed by atoms with Gasteiger partial charge in [-0.05, 0) is 46.8 Å². The number of ether oxygens (including phenoxy) is 1. The number of halogens is 1. The summed E-state index contributed by atoms with van der Waals surface area (Å²) in [5.74, 6) is -0.219. The number of para-hydroxylation sites is 1. The minimum Gasteiger partial charge on any atom is -0.483 e. The van der Waals surface area contributed by atoms with Crippen LogP contribution in [0.4, 0.5) is 0 Å². The molecule has 1 aromatic carbocycles. The summed E-state index contributed by atoms with van der Waals surface area (Å²) in [7, 11) is 0. The molecule has 5 nitrogen and oxygen atoms in total. The minimum atomic E-state index is -0.767. The number of benzene rings is 1. The van der Waals surface area contributed by atoms with Crippen molar-refractivity contribution < 1.29 is 19.4 Å². The number of amides is 1. The molecule has 1 saturated carbocycles. The number of rotatable bonds is 4. The van der Waals surface area contributed by atoms with Crippen molar-refractivity contribution in [2.24, 2.45) is 11.3 Å². The summed E-state index contributed by atoms with van der Waals surface area (Å²) in [5, 5.41) is 9.54. The van der Waals surface area contributed by atoms with E-state index in [1.165, 1.54) is 0 Å². The van der Waals surface area contributed by atoms with Gasteiger partial charge in [0.05, 0.1) is 9.89 Å². The largest absolute Gasteiger partial charge is 0.483 e. The first-order valence-corrected chi connectivity index (χ1v) is 8.21. The van der Waals surface area contributed by atoms with Crippen LogP contribution in [0.25, 0.3) is 0 Å². The van der Waals surface area contributed by atoms with Crippen LogP contribution in [0.3, 0.4) is 0 Å². The third-order valence-corrected chi connectivity index (χ3v) is 5.49. The molecule has 1 heterocycles. The zero-order valence-electron chi connectivity index (χ0n) is 12.1. The Balaban J connectivity index is 1.63. The monoisotopic (exact) mass is 367 g/mol. The average Bonchev–Trinajstić information content (AvgIpc) is 3.04. The molecule has 3 rings (SSSR count). The van der Waals surface area contributed by atoms with Crippen molar-refractivity contribution >= 4 is 27.8 Å². The Bertz CT molecular complexity index is 606.